The lowest BCUT2D eigenvalue weighted by molar-refractivity contribution is 0.414. The lowest BCUT2D eigenvalue weighted by Gasteiger charge is -2.34. The molecular weight excluding hydrogens is 408 g/mol. The number of aromatic hydroxyl groups is 2. The maximum absolute atomic E-state index is 9.82. The van der Waals surface area contributed by atoms with Gasteiger partial charge in [-0.2, -0.15) is 0 Å². The number of aliphatic hydroxyl groups is 1. The molecule has 0 aliphatic rings. The van der Waals surface area contributed by atoms with Crippen molar-refractivity contribution in [3.63, 3.8) is 0 Å². The van der Waals surface area contributed by atoms with Gasteiger partial charge in [0.25, 0.3) is 0 Å². The molecule has 33 heavy (non-hydrogen) atoms. The monoisotopic (exact) mass is 440 g/mol. The fourth-order valence-electron chi connectivity index (χ4n) is 4.21. The molecular formula is C30H32O3. The van der Waals surface area contributed by atoms with E-state index in [4.69, 9.17) is 0 Å². The highest BCUT2D eigenvalue weighted by molar-refractivity contribution is 5.54. The van der Waals surface area contributed by atoms with E-state index in [-0.39, 0.29) is 22.7 Å². The molecule has 1 atom stereocenters. The minimum absolute atomic E-state index is 0.210. The molecule has 0 spiro atoms. The lowest BCUT2D eigenvalue weighted by Crippen LogP contribution is -2.26. The number of phenolic OH excluding ortho intramolecular Hbond substituents is 2. The molecule has 3 nitrogen and oxygen atoms in total. The van der Waals surface area contributed by atoms with Crippen LogP contribution in [0, 0.1) is 0 Å². The van der Waals surface area contributed by atoms with Crippen molar-refractivity contribution < 1.29 is 15.3 Å². The average molecular weight is 441 g/mol. The number of aliphatic hydroxyl groups excluding tert-OH is 1. The van der Waals surface area contributed by atoms with E-state index in [1.165, 1.54) is 0 Å². The third-order valence-electron chi connectivity index (χ3n) is 6.52. The van der Waals surface area contributed by atoms with Gasteiger partial charge in [-0.3, -0.25) is 0 Å². The summed E-state index contributed by atoms with van der Waals surface area (Å²) in [6.07, 6.45) is 5.35. The molecule has 0 fully saturated rings. The van der Waals surface area contributed by atoms with Crippen LogP contribution in [0.2, 0.25) is 0 Å². The van der Waals surface area contributed by atoms with Gasteiger partial charge >= 0.3 is 0 Å². The zero-order valence-corrected chi connectivity index (χ0v) is 19.7. The first-order valence-corrected chi connectivity index (χ1v) is 11.0. The molecule has 0 bridgehead atoms. The third-order valence-corrected chi connectivity index (χ3v) is 6.52. The van der Waals surface area contributed by atoms with Gasteiger partial charge in [-0.05, 0) is 72.0 Å². The highest BCUT2D eigenvalue weighted by Gasteiger charge is 2.32. The molecule has 1 unspecified atom stereocenters. The summed E-state index contributed by atoms with van der Waals surface area (Å²) in [6.45, 7) is 12.1. The number of hydrogen-bond donors (Lipinski definition) is 3. The normalized spacial score (nSPS) is 14.5. The summed E-state index contributed by atoms with van der Waals surface area (Å²) < 4.78 is 0. The molecule has 3 rings (SSSR count). The molecule has 0 aromatic heterocycles. The fraction of sp³-hybridized carbons (Fsp3) is 0.200. The number of rotatable bonds is 7. The van der Waals surface area contributed by atoms with E-state index in [0.717, 1.165) is 27.8 Å². The lowest BCUT2D eigenvalue weighted by atomic mass is 9.69. The third kappa shape index (κ3) is 4.88. The second-order valence-corrected chi connectivity index (χ2v) is 9.06. The Kier molecular flexibility index (Phi) is 6.83. The first kappa shape index (κ1) is 23.9. The average Bonchev–Trinajstić information content (AvgIpc) is 2.80. The molecule has 0 saturated heterocycles. The van der Waals surface area contributed by atoms with E-state index in [0.29, 0.717) is 0 Å². The second-order valence-electron chi connectivity index (χ2n) is 9.06. The summed E-state index contributed by atoms with van der Waals surface area (Å²) in [7, 11) is 0. The van der Waals surface area contributed by atoms with Gasteiger partial charge in [0.05, 0.1) is 5.76 Å². The molecule has 3 aromatic carbocycles. The zero-order chi connectivity index (χ0) is 24.2. The van der Waals surface area contributed by atoms with Crippen molar-refractivity contribution in [2.45, 2.75) is 38.5 Å². The van der Waals surface area contributed by atoms with Crippen molar-refractivity contribution >= 4 is 0 Å². The van der Waals surface area contributed by atoms with Gasteiger partial charge in [0.15, 0.2) is 0 Å². The van der Waals surface area contributed by atoms with Crippen LogP contribution < -0.4 is 0 Å². The molecule has 3 heteroatoms. The molecule has 0 aliphatic heterocycles. The standard InChI is InChI=1S/C30H32O3/c1-6-22(8-7-21(2)31)30(5,26-15-19-28(33)20-16-26)25-11-9-23(10-12-25)29(3,4)24-13-17-27(32)18-14-24/h6-20,31-33H,1H2,2-5H3/b21-7+,22-8+. The van der Waals surface area contributed by atoms with Crippen LogP contribution in [0.4, 0.5) is 0 Å². The van der Waals surface area contributed by atoms with Crippen molar-refractivity contribution in [1.29, 1.82) is 0 Å². The minimum Gasteiger partial charge on any atom is -0.513 e. The molecule has 3 N–H and O–H groups in total. The van der Waals surface area contributed by atoms with Crippen LogP contribution in [-0.2, 0) is 10.8 Å². The predicted octanol–water partition coefficient (Wildman–Crippen LogP) is 7.30. The number of allylic oxidation sites excluding steroid dienone is 5. The molecule has 0 radical (unpaired) electrons. The largest absolute Gasteiger partial charge is 0.513 e. The van der Waals surface area contributed by atoms with Crippen LogP contribution in [0.15, 0.2) is 109 Å². The molecule has 0 amide bonds. The fourth-order valence-corrected chi connectivity index (χ4v) is 4.21. The van der Waals surface area contributed by atoms with E-state index in [1.807, 2.05) is 30.3 Å². The van der Waals surface area contributed by atoms with Gasteiger partial charge in [0.2, 0.25) is 0 Å². The Morgan fingerprint density at radius 1 is 0.667 bits per heavy atom. The van der Waals surface area contributed by atoms with Crippen LogP contribution in [0.25, 0.3) is 0 Å². The first-order chi connectivity index (χ1) is 15.6. The Morgan fingerprint density at radius 2 is 1.03 bits per heavy atom. The topological polar surface area (TPSA) is 60.7 Å². The summed E-state index contributed by atoms with van der Waals surface area (Å²) in [4.78, 5) is 0. The molecule has 0 heterocycles. The van der Waals surface area contributed by atoms with Gasteiger partial charge in [-0.15, -0.1) is 0 Å². The van der Waals surface area contributed by atoms with E-state index in [2.05, 4.69) is 51.6 Å². The SMILES string of the molecule is C=C/C(=C\C=C(/C)O)C(C)(c1ccc(O)cc1)c1ccc(C(C)(C)c2ccc(O)cc2)cc1. The van der Waals surface area contributed by atoms with E-state index >= 15 is 0 Å². The van der Waals surface area contributed by atoms with Gasteiger partial charge in [-0.25, -0.2) is 0 Å². The smallest absolute Gasteiger partial charge is 0.115 e. The summed E-state index contributed by atoms with van der Waals surface area (Å²) in [5.74, 6) is 0.682. The predicted molar refractivity (Wildman–Crippen MR) is 136 cm³/mol. The van der Waals surface area contributed by atoms with Crippen molar-refractivity contribution in [3.8, 4) is 11.5 Å². The first-order valence-electron chi connectivity index (χ1n) is 11.0. The van der Waals surface area contributed by atoms with Crippen LogP contribution in [0.5, 0.6) is 11.5 Å². The van der Waals surface area contributed by atoms with Crippen LogP contribution >= 0.6 is 0 Å². The number of benzene rings is 3. The summed E-state index contributed by atoms with van der Waals surface area (Å²) in [5.41, 5.74) is 4.46. The Labute approximate surface area is 196 Å². The van der Waals surface area contributed by atoms with E-state index in [9.17, 15) is 15.3 Å². The quantitative estimate of drug-likeness (QED) is 0.267. The van der Waals surface area contributed by atoms with E-state index in [1.54, 1.807) is 43.3 Å². The summed E-state index contributed by atoms with van der Waals surface area (Å²) in [6, 6.07) is 23.0. The van der Waals surface area contributed by atoms with Gasteiger partial charge in [0, 0.05) is 10.8 Å². The highest BCUT2D eigenvalue weighted by atomic mass is 16.3. The Hall–Kier alpha value is -3.72. The van der Waals surface area contributed by atoms with Gasteiger partial charge in [-0.1, -0.05) is 81.1 Å². The molecule has 0 aliphatic carbocycles. The highest BCUT2D eigenvalue weighted by Crippen LogP contribution is 2.41. The van der Waals surface area contributed by atoms with Crippen LogP contribution in [0.1, 0.15) is 49.9 Å². The number of hydrogen-bond acceptors (Lipinski definition) is 3. The molecule has 0 saturated carbocycles. The van der Waals surface area contributed by atoms with Crippen LogP contribution in [-0.4, -0.2) is 15.3 Å². The Morgan fingerprint density at radius 3 is 1.42 bits per heavy atom. The molecule has 3 aromatic rings. The summed E-state index contributed by atoms with van der Waals surface area (Å²) >= 11 is 0. The second kappa shape index (κ2) is 9.41. The van der Waals surface area contributed by atoms with Crippen molar-refractivity contribution in [3.05, 3.63) is 131 Å². The molecule has 170 valence electrons. The maximum Gasteiger partial charge on any atom is 0.115 e. The van der Waals surface area contributed by atoms with Crippen molar-refractivity contribution in [2.24, 2.45) is 0 Å². The summed E-state index contributed by atoms with van der Waals surface area (Å²) in [5, 5.41) is 29.2. The van der Waals surface area contributed by atoms with Gasteiger partial charge < -0.3 is 15.3 Å². The number of phenols is 2. The Balaban J connectivity index is 2.12. The van der Waals surface area contributed by atoms with Crippen LogP contribution in [0.3, 0.4) is 0 Å². The van der Waals surface area contributed by atoms with Crippen molar-refractivity contribution in [2.75, 3.05) is 0 Å². The Bertz CT molecular complexity index is 1160. The van der Waals surface area contributed by atoms with Crippen molar-refractivity contribution in [1.82, 2.24) is 0 Å². The zero-order valence-electron chi connectivity index (χ0n) is 19.7. The minimum atomic E-state index is -0.553. The van der Waals surface area contributed by atoms with E-state index < -0.39 is 5.41 Å². The van der Waals surface area contributed by atoms with Gasteiger partial charge in [0.1, 0.15) is 11.5 Å². The maximum atomic E-state index is 9.82.